The summed E-state index contributed by atoms with van der Waals surface area (Å²) < 4.78 is 7.46. The molecule has 2 aromatic carbocycles. The lowest BCUT2D eigenvalue weighted by Crippen LogP contribution is -2.29. The van der Waals surface area contributed by atoms with E-state index in [0.717, 1.165) is 37.2 Å². The first-order valence-electron chi connectivity index (χ1n) is 10.6. The Labute approximate surface area is 211 Å². The van der Waals surface area contributed by atoms with Crippen LogP contribution in [-0.2, 0) is 0 Å². The van der Waals surface area contributed by atoms with E-state index in [4.69, 9.17) is 16.6 Å². The van der Waals surface area contributed by atoms with Crippen molar-refractivity contribution in [2.75, 3.05) is 4.90 Å². The van der Waals surface area contributed by atoms with Crippen LogP contribution in [0.4, 0.5) is 5.69 Å². The highest BCUT2D eigenvalue weighted by molar-refractivity contribution is 9.10. The summed E-state index contributed by atoms with van der Waals surface area (Å²) in [4.78, 5) is 7.88. The van der Waals surface area contributed by atoms with Crippen LogP contribution in [-0.4, -0.2) is 10.1 Å². The topological polar surface area (TPSA) is 41.3 Å². The molecule has 0 bridgehead atoms. The van der Waals surface area contributed by atoms with Gasteiger partial charge in [0.25, 0.3) is 0 Å². The lowest BCUT2D eigenvalue weighted by atomic mass is 10.0. The Hall–Kier alpha value is -2.61. The average molecular weight is 537 g/mol. The van der Waals surface area contributed by atoms with E-state index in [0.29, 0.717) is 5.11 Å². The third-order valence-electron chi connectivity index (χ3n) is 5.65. The zero-order valence-corrected chi connectivity index (χ0v) is 21.4. The van der Waals surface area contributed by atoms with Crippen molar-refractivity contribution in [3.8, 4) is 0 Å². The van der Waals surface area contributed by atoms with Crippen molar-refractivity contribution in [3.63, 3.8) is 0 Å². The Bertz CT molecular complexity index is 1290. The molecule has 2 aromatic heterocycles. The van der Waals surface area contributed by atoms with Crippen molar-refractivity contribution in [3.05, 3.63) is 106 Å². The standard InChI is InChI=1S/C26H22BrN3OS2/c1-16-6-9-19(10-7-16)33-23-13-12-22(31-23)25-24(21-5-3-4-14-28-21)29-26(32)30(25)18-8-11-20(27)17(2)15-18/h3-15,24-25H,1-2H3,(H,29,32)/t24-,25+/m0/s1. The molecule has 0 unspecified atom stereocenters. The Kier molecular flexibility index (Phi) is 6.27. The molecule has 1 N–H and O–H groups in total. The molecule has 0 radical (unpaired) electrons. The molecule has 0 spiro atoms. The summed E-state index contributed by atoms with van der Waals surface area (Å²) >= 11 is 11.0. The van der Waals surface area contributed by atoms with Gasteiger partial charge in [0.2, 0.25) is 0 Å². The minimum absolute atomic E-state index is 0.133. The molecule has 5 rings (SSSR count). The quantitative estimate of drug-likeness (QED) is 0.269. The summed E-state index contributed by atoms with van der Waals surface area (Å²) in [5, 5.41) is 4.98. The van der Waals surface area contributed by atoms with Crippen molar-refractivity contribution >= 4 is 50.7 Å². The predicted octanol–water partition coefficient (Wildman–Crippen LogP) is 7.38. The van der Waals surface area contributed by atoms with Crippen LogP contribution in [0.5, 0.6) is 0 Å². The van der Waals surface area contributed by atoms with Gasteiger partial charge in [0.15, 0.2) is 10.2 Å². The van der Waals surface area contributed by atoms with E-state index in [2.05, 4.69) is 87.4 Å². The molecule has 7 heteroatoms. The van der Waals surface area contributed by atoms with Crippen LogP contribution >= 0.6 is 39.9 Å². The van der Waals surface area contributed by atoms with Crippen LogP contribution in [0, 0.1) is 13.8 Å². The van der Waals surface area contributed by atoms with Gasteiger partial charge in [-0.25, -0.2) is 0 Å². The van der Waals surface area contributed by atoms with Gasteiger partial charge in [-0.1, -0.05) is 51.5 Å². The van der Waals surface area contributed by atoms with Crippen LogP contribution < -0.4 is 10.2 Å². The van der Waals surface area contributed by atoms with Gasteiger partial charge in [-0.2, -0.15) is 0 Å². The molecule has 0 saturated carbocycles. The molecule has 2 atom stereocenters. The molecule has 4 aromatic rings. The van der Waals surface area contributed by atoms with E-state index in [1.165, 1.54) is 5.56 Å². The maximum Gasteiger partial charge on any atom is 0.174 e. The van der Waals surface area contributed by atoms with Gasteiger partial charge in [-0.3, -0.25) is 4.98 Å². The average Bonchev–Trinajstić information content (AvgIpc) is 3.42. The van der Waals surface area contributed by atoms with E-state index in [-0.39, 0.29) is 12.1 Å². The lowest BCUT2D eigenvalue weighted by molar-refractivity contribution is 0.383. The Morgan fingerprint density at radius 3 is 2.58 bits per heavy atom. The zero-order chi connectivity index (χ0) is 22.9. The summed E-state index contributed by atoms with van der Waals surface area (Å²) in [5.74, 6) is 0.841. The normalized spacial score (nSPS) is 17.9. The number of benzene rings is 2. The lowest BCUT2D eigenvalue weighted by Gasteiger charge is -2.26. The second-order valence-corrected chi connectivity index (χ2v) is 10.3. The molecule has 1 saturated heterocycles. The van der Waals surface area contributed by atoms with Gasteiger partial charge < -0.3 is 14.6 Å². The molecule has 1 aliphatic heterocycles. The molecule has 4 nitrogen and oxygen atoms in total. The highest BCUT2D eigenvalue weighted by Crippen LogP contribution is 2.43. The van der Waals surface area contributed by atoms with Crippen LogP contribution in [0.2, 0.25) is 0 Å². The van der Waals surface area contributed by atoms with Gasteiger partial charge >= 0.3 is 0 Å². The smallest absolute Gasteiger partial charge is 0.174 e. The van der Waals surface area contributed by atoms with E-state index in [9.17, 15) is 0 Å². The van der Waals surface area contributed by atoms with Crippen LogP contribution in [0.15, 0.2) is 97.9 Å². The molecular formula is C26H22BrN3OS2. The minimum atomic E-state index is -0.166. The molecular weight excluding hydrogens is 514 g/mol. The molecule has 33 heavy (non-hydrogen) atoms. The third kappa shape index (κ3) is 4.58. The highest BCUT2D eigenvalue weighted by Gasteiger charge is 2.42. The highest BCUT2D eigenvalue weighted by atomic mass is 79.9. The molecule has 0 amide bonds. The second-order valence-electron chi connectivity index (χ2n) is 8.00. The first-order valence-corrected chi connectivity index (χ1v) is 12.6. The molecule has 3 heterocycles. The fourth-order valence-electron chi connectivity index (χ4n) is 3.97. The number of nitrogens with one attached hydrogen (secondary N) is 1. The van der Waals surface area contributed by atoms with E-state index in [1.807, 2.05) is 36.5 Å². The monoisotopic (exact) mass is 535 g/mol. The maximum atomic E-state index is 6.39. The molecule has 1 fully saturated rings. The Morgan fingerprint density at radius 1 is 1.03 bits per heavy atom. The van der Waals surface area contributed by atoms with Crippen molar-refractivity contribution in [1.82, 2.24) is 10.3 Å². The summed E-state index contributed by atoms with van der Waals surface area (Å²) in [7, 11) is 0. The number of thiocarbonyl (C=S) groups is 1. The Balaban J connectivity index is 1.53. The van der Waals surface area contributed by atoms with Crippen LogP contribution in [0.1, 0.15) is 34.7 Å². The van der Waals surface area contributed by atoms with Crippen LogP contribution in [0.25, 0.3) is 0 Å². The van der Waals surface area contributed by atoms with Gasteiger partial charge in [-0.05, 0) is 86.2 Å². The van der Waals surface area contributed by atoms with E-state index in [1.54, 1.807) is 11.8 Å². The summed E-state index contributed by atoms with van der Waals surface area (Å²) in [6.07, 6.45) is 1.81. The number of furan rings is 1. The second kappa shape index (κ2) is 9.33. The van der Waals surface area contributed by atoms with Crippen molar-refractivity contribution in [2.45, 2.75) is 35.9 Å². The fraction of sp³-hybridized carbons (Fsp3) is 0.154. The Morgan fingerprint density at radius 2 is 1.85 bits per heavy atom. The summed E-state index contributed by atoms with van der Waals surface area (Å²) in [6, 6.07) is 24.4. The van der Waals surface area contributed by atoms with Crippen molar-refractivity contribution < 1.29 is 4.42 Å². The largest absolute Gasteiger partial charge is 0.452 e. The van der Waals surface area contributed by atoms with Crippen LogP contribution in [0.3, 0.4) is 0 Å². The van der Waals surface area contributed by atoms with Gasteiger partial charge in [0.1, 0.15) is 11.8 Å². The SMILES string of the molecule is Cc1ccc(Sc2ccc([C@@H]3[C@H](c4ccccn4)NC(=S)N3c3ccc(Br)c(C)c3)o2)cc1. The van der Waals surface area contributed by atoms with E-state index >= 15 is 0 Å². The van der Waals surface area contributed by atoms with Crippen molar-refractivity contribution in [1.29, 1.82) is 0 Å². The predicted molar refractivity (Wildman–Crippen MR) is 141 cm³/mol. The number of hydrogen-bond acceptors (Lipinski definition) is 4. The summed E-state index contributed by atoms with van der Waals surface area (Å²) in [6.45, 7) is 4.17. The zero-order valence-electron chi connectivity index (χ0n) is 18.2. The first-order chi connectivity index (χ1) is 16.0. The third-order valence-corrected chi connectivity index (χ3v) is 7.78. The van der Waals surface area contributed by atoms with Gasteiger partial charge in [0.05, 0.1) is 11.7 Å². The van der Waals surface area contributed by atoms with E-state index < -0.39 is 0 Å². The number of halogens is 1. The summed E-state index contributed by atoms with van der Waals surface area (Å²) in [5.41, 5.74) is 4.32. The number of pyridine rings is 1. The van der Waals surface area contributed by atoms with Crippen molar-refractivity contribution in [2.24, 2.45) is 0 Å². The molecule has 1 aliphatic rings. The number of rotatable bonds is 5. The number of hydrogen-bond donors (Lipinski definition) is 1. The number of anilines is 1. The number of aryl methyl sites for hydroxylation is 2. The number of aromatic nitrogens is 1. The fourth-order valence-corrected chi connectivity index (χ4v) is 5.34. The van der Waals surface area contributed by atoms with Gasteiger partial charge in [-0.15, -0.1) is 0 Å². The molecule has 166 valence electrons. The van der Waals surface area contributed by atoms with Gasteiger partial charge in [0, 0.05) is 21.3 Å². The molecule has 0 aliphatic carbocycles. The minimum Gasteiger partial charge on any atom is -0.452 e. The first kappa shape index (κ1) is 22.2. The maximum absolute atomic E-state index is 6.39. The number of nitrogens with zero attached hydrogens (tertiary/aromatic N) is 2.